The summed E-state index contributed by atoms with van der Waals surface area (Å²) in [5.74, 6) is -0.644. The third kappa shape index (κ3) is 3.52. The molecule has 0 radical (unpaired) electrons. The van der Waals surface area contributed by atoms with Gasteiger partial charge in [0.25, 0.3) is 5.91 Å². The fourth-order valence-corrected chi connectivity index (χ4v) is 2.47. The highest BCUT2D eigenvalue weighted by Crippen LogP contribution is 2.25. The van der Waals surface area contributed by atoms with Crippen LogP contribution in [0.4, 0.5) is 0 Å². The normalized spacial score (nSPS) is 15.6. The number of nitrogens with zero attached hydrogens (tertiary/aromatic N) is 4. The van der Waals surface area contributed by atoms with Crippen LogP contribution >= 0.6 is 0 Å². The second-order valence-electron chi connectivity index (χ2n) is 5.03. The molecule has 1 amide bonds. The number of carbonyl (C=O) groups excluding carboxylic acids is 1. The van der Waals surface area contributed by atoms with E-state index in [4.69, 9.17) is 5.11 Å². The van der Waals surface area contributed by atoms with Crippen LogP contribution in [0.15, 0.2) is 6.20 Å². The molecular weight excluding hydrogens is 248 g/mol. The highest BCUT2D eigenvalue weighted by molar-refractivity contribution is 5.91. The first-order valence-corrected chi connectivity index (χ1v) is 6.43. The molecule has 1 aromatic heterocycles. The van der Waals surface area contributed by atoms with E-state index in [1.807, 2.05) is 0 Å². The van der Waals surface area contributed by atoms with Gasteiger partial charge in [-0.05, 0) is 18.8 Å². The molecule has 0 bridgehead atoms. The molecule has 1 N–H and O–H groups in total. The highest BCUT2D eigenvalue weighted by atomic mass is 16.4. The molecule has 1 saturated carbocycles. The van der Waals surface area contributed by atoms with E-state index < -0.39 is 5.97 Å². The van der Waals surface area contributed by atoms with Gasteiger partial charge >= 0.3 is 5.97 Å². The summed E-state index contributed by atoms with van der Waals surface area (Å²) in [4.78, 5) is 24.3. The lowest BCUT2D eigenvalue weighted by molar-refractivity contribution is -0.137. The average Bonchev–Trinajstić information content (AvgIpc) is 2.98. The molecule has 104 valence electrons. The molecule has 1 heterocycles. The molecule has 0 aromatic carbocycles. The van der Waals surface area contributed by atoms with Crippen LogP contribution in [-0.2, 0) is 11.3 Å². The van der Waals surface area contributed by atoms with Crippen LogP contribution in [-0.4, -0.2) is 50.5 Å². The lowest BCUT2D eigenvalue weighted by Gasteiger charge is -2.19. The smallest absolute Gasteiger partial charge is 0.325 e. The molecule has 1 fully saturated rings. The molecule has 0 saturated heterocycles. The Balaban J connectivity index is 1.94. The van der Waals surface area contributed by atoms with Gasteiger partial charge in [-0.3, -0.25) is 9.59 Å². The summed E-state index contributed by atoms with van der Waals surface area (Å²) in [6.07, 6.45) is 6.19. The lowest BCUT2D eigenvalue weighted by Crippen LogP contribution is -2.31. The standard InChI is InChI=1S/C12H18N4O3/c1-15(6-9-4-2-3-5-9)12(19)10-7-16(14-13-10)8-11(17)18/h7,9H,2-6,8H2,1H3,(H,17,18). The van der Waals surface area contributed by atoms with E-state index in [1.165, 1.54) is 31.9 Å². The Hall–Kier alpha value is -1.92. The van der Waals surface area contributed by atoms with Crippen molar-refractivity contribution in [3.63, 3.8) is 0 Å². The Labute approximate surface area is 111 Å². The first kappa shape index (κ1) is 13.5. The quantitative estimate of drug-likeness (QED) is 0.844. The van der Waals surface area contributed by atoms with Crippen LogP contribution in [0, 0.1) is 5.92 Å². The Morgan fingerprint density at radius 1 is 1.47 bits per heavy atom. The molecule has 1 aromatic rings. The van der Waals surface area contributed by atoms with E-state index in [2.05, 4.69) is 10.3 Å². The predicted octanol–water partition coefficient (Wildman–Crippen LogP) is 0.625. The second-order valence-corrected chi connectivity index (χ2v) is 5.03. The summed E-state index contributed by atoms with van der Waals surface area (Å²) in [5.41, 5.74) is 0.196. The van der Waals surface area contributed by atoms with E-state index in [0.717, 1.165) is 11.2 Å². The highest BCUT2D eigenvalue weighted by Gasteiger charge is 2.22. The molecule has 0 unspecified atom stereocenters. The van der Waals surface area contributed by atoms with Crippen LogP contribution in [0.2, 0.25) is 0 Å². The maximum atomic E-state index is 12.1. The van der Waals surface area contributed by atoms with Crippen molar-refractivity contribution < 1.29 is 14.7 Å². The number of hydrogen-bond donors (Lipinski definition) is 1. The predicted molar refractivity (Wildman–Crippen MR) is 66.6 cm³/mol. The van der Waals surface area contributed by atoms with Gasteiger partial charge in [-0.15, -0.1) is 5.10 Å². The van der Waals surface area contributed by atoms with Crippen molar-refractivity contribution in [2.45, 2.75) is 32.2 Å². The minimum atomic E-state index is -1.01. The van der Waals surface area contributed by atoms with Crippen LogP contribution in [0.1, 0.15) is 36.2 Å². The minimum absolute atomic E-state index is 0.196. The van der Waals surface area contributed by atoms with Gasteiger partial charge in [0.1, 0.15) is 6.54 Å². The zero-order valence-corrected chi connectivity index (χ0v) is 10.9. The van der Waals surface area contributed by atoms with Crippen LogP contribution in [0.3, 0.4) is 0 Å². The third-order valence-corrected chi connectivity index (χ3v) is 3.41. The van der Waals surface area contributed by atoms with Crippen molar-refractivity contribution in [2.24, 2.45) is 5.92 Å². The van der Waals surface area contributed by atoms with Gasteiger partial charge in [0.05, 0.1) is 6.20 Å². The summed E-state index contributed by atoms with van der Waals surface area (Å²) in [6, 6.07) is 0. The number of aromatic nitrogens is 3. The molecule has 0 spiro atoms. The van der Waals surface area contributed by atoms with Crippen molar-refractivity contribution in [1.29, 1.82) is 0 Å². The van der Waals surface area contributed by atoms with E-state index in [0.29, 0.717) is 5.92 Å². The fourth-order valence-electron chi connectivity index (χ4n) is 2.47. The molecule has 0 aliphatic heterocycles. The number of rotatable bonds is 5. The third-order valence-electron chi connectivity index (χ3n) is 3.41. The average molecular weight is 266 g/mol. The number of carboxylic acids is 1. The maximum Gasteiger partial charge on any atom is 0.325 e. The largest absolute Gasteiger partial charge is 0.480 e. The summed E-state index contributed by atoms with van der Waals surface area (Å²) in [5, 5.41) is 16.0. The second kappa shape index (κ2) is 5.81. The summed E-state index contributed by atoms with van der Waals surface area (Å²) >= 11 is 0. The van der Waals surface area contributed by atoms with E-state index >= 15 is 0 Å². The first-order chi connectivity index (χ1) is 9.06. The monoisotopic (exact) mass is 266 g/mol. The number of carbonyl (C=O) groups is 2. The fraction of sp³-hybridized carbons (Fsp3) is 0.667. The van der Waals surface area contributed by atoms with Gasteiger partial charge < -0.3 is 10.0 Å². The Kier molecular flexibility index (Phi) is 4.13. The summed E-state index contributed by atoms with van der Waals surface area (Å²) in [6.45, 7) is 0.442. The Morgan fingerprint density at radius 3 is 2.79 bits per heavy atom. The van der Waals surface area contributed by atoms with E-state index in [-0.39, 0.29) is 18.1 Å². The van der Waals surface area contributed by atoms with Crippen molar-refractivity contribution in [3.8, 4) is 0 Å². The van der Waals surface area contributed by atoms with Crippen molar-refractivity contribution in [1.82, 2.24) is 19.9 Å². The molecule has 1 aliphatic rings. The summed E-state index contributed by atoms with van der Waals surface area (Å²) in [7, 11) is 1.75. The van der Waals surface area contributed by atoms with Crippen LogP contribution < -0.4 is 0 Å². The number of aliphatic carboxylic acids is 1. The number of hydrogen-bond acceptors (Lipinski definition) is 4. The Morgan fingerprint density at radius 2 is 2.16 bits per heavy atom. The Bertz CT molecular complexity index is 465. The van der Waals surface area contributed by atoms with Gasteiger partial charge in [-0.25, -0.2) is 4.68 Å². The van der Waals surface area contributed by atoms with Crippen LogP contribution in [0.25, 0.3) is 0 Å². The molecule has 0 atom stereocenters. The molecule has 2 rings (SSSR count). The van der Waals surface area contributed by atoms with Gasteiger partial charge in [-0.2, -0.15) is 0 Å². The SMILES string of the molecule is CN(CC1CCCC1)C(=O)c1cn(CC(=O)O)nn1. The van der Waals surface area contributed by atoms with E-state index in [9.17, 15) is 9.59 Å². The number of carboxylic acid groups (broad SMARTS) is 1. The lowest BCUT2D eigenvalue weighted by atomic mass is 10.1. The maximum absolute atomic E-state index is 12.1. The summed E-state index contributed by atoms with van der Waals surface area (Å²) < 4.78 is 1.15. The first-order valence-electron chi connectivity index (χ1n) is 6.43. The van der Waals surface area contributed by atoms with Gasteiger partial charge in [0.15, 0.2) is 5.69 Å². The zero-order valence-electron chi connectivity index (χ0n) is 10.9. The molecule has 1 aliphatic carbocycles. The number of amides is 1. The zero-order chi connectivity index (χ0) is 13.8. The molecule has 7 heteroatoms. The van der Waals surface area contributed by atoms with Crippen molar-refractivity contribution in [2.75, 3.05) is 13.6 Å². The topological polar surface area (TPSA) is 88.3 Å². The van der Waals surface area contributed by atoms with Gasteiger partial charge in [0.2, 0.25) is 0 Å². The molecule has 7 nitrogen and oxygen atoms in total. The van der Waals surface area contributed by atoms with E-state index in [1.54, 1.807) is 11.9 Å². The van der Waals surface area contributed by atoms with Gasteiger partial charge in [-0.1, -0.05) is 18.1 Å². The van der Waals surface area contributed by atoms with Gasteiger partial charge in [0, 0.05) is 13.6 Å². The van der Waals surface area contributed by atoms with Crippen molar-refractivity contribution in [3.05, 3.63) is 11.9 Å². The van der Waals surface area contributed by atoms with Crippen LogP contribution in [0.5, 0.6) is 0 Å². The molecule has 19 heavy (non-hydrogen) atoms. The minimum Gasteiger partial charge on any atom is -0.480 e. The molecular formula is C12H18N4O3. The van der Waals surface area contributed by atoms with Crippen molar-refractivity contribution >= 4 is 11.9 Å².